The number of rotatable bonds is 5. The largest absolute Gasteiger partial charge is 0.443 e. The van der Waals surface area contributed by atoms with Gasteiger partial charge in [-0.15, -0.1) is 0 Å². The molecule has 6 nitrogen and oxygen atoms in total. The highest BCUT2D eigenvalue weighted by Crippen LogP contribution is 2.29. The summed E-state index contributed by atoms with van der Waals surface area (Å²) in [6.07, 6.45) is -1.25. The smallest absolute Gasteiger partial charge is 0.414 e. The zero-order valence-electron chi connectivity index (χ0n) is 13.2. The van der Waals surface area contributed by atoms with Gasteiger partial charge in [0.1, 0.15) is 11.0 Å². The summed E-state index contributed by atoms with van der Waals surface area (Å²) in [5, 5.41) is 0.785. The first-order valence-corrected chi connectivity index (χ1v) is 10.1. The van der Waals surface area contributed by atoms with E-state index < -0.39 is 22.2 Å². The van der Waals surface area contributed by atoms with Crippen molar-refractivity contribution in [2.45, 2.75) is 11.0 Å². The molecular formula is C16H13Cl3N2O4S. The number of amides is 1. The van der Waals surface area contributed by atoms with Crippen molar-refractivity contribution < 1.29 is 17.9 Å². The van der Waals surface area contributed by atoms with Crippen molar-refractivity contribution in [3.8, 4) is 0 Å². The highest BCUT2D eigenvalue weighted by atomic mass is 35.5. The Morgan fingerprint density at radius 1 is 1.08 bits per heavy atom. The molecule has 1 fully saturated rings. The molecule has 1 amide bonds. The van der Waals surface area contributed by atoms with E-state index in [4.69, 9.17) is 39.5 Å². The summed E-state index contributed by atoms with van der Waals surface area (Å²) in [5.74, 6) is 0. The molecule has 0 bridgehead atoms. The number of benzene rings is 2. The fraction of sp³-hybridized carbons (Fsp3) is 0.188. The van der Waals surface area contributed by atoms with Crippen molar-refractivity contribution in [1.29, 1.82) is 0 Å². The van der Waals surface area contributed by atoms with Crippen LogP contribution in [0.4, 0.5) is 10.5 Å². The number of cyclic esters (lactones) is 1. The quantitative estimate of drug-likeness (QED) is 0.771. The Morgan fingerprint density at radius 2 is 1.81 bits per heavy atom. The maximum Gasteiger partial charge on any atom is 0.414 e. The zero-order chi connectivity index (χ0) is 18.9. The number of nitrogens with one attached hydrogen (secondary N) is 1. The van der Waals surface area contributed by atoms with E-state index in [1.165, 1.54) is 17.0 Å². The molecule has 1 atom stereocenters. The molecule has 1 N–H and O–H groups in total. The highest BCUT2D eigenvalue weighted by Gasteiger charge is 2.33. The van der Waals surface area contributed by atoms with Crippen molar-refractivity contribution in [3.63, 3.8) is 0 Å². The molecule has 0 unspecified atom stereocenters. The van der Waals surface area contributed by atoms with Gasteiger partial charge in [0.25, 0.3) is 0 Å². The topological polar surface area (TPSA) is 75.7 Å². The lowest BCUT2D eigenvalue weighted by Crippen LogP contribution is -2.34. The van der Waals surface area contributed by atoms with E-state index in [9.17, 15) is 13.2 Å². The summed E-state index contributed by atoms with van der Waals surface area (Å²) >= 11 is 17.8. The summed E-state index contributed by atoms with van der Waals surface area (Å²) < 4.78 is 32.3. The highest BCUT2D eigenvalue weighted by molar-refractivity contribution is 7.89. The molecule has 1 heterocycles. The predicted molar refractivity (Wildman–Crippen MR) is 101 cm³/mol. The van der Waals surface area contributed by atoms with Crippen LogP contribution in [0.5, 0.6) is 0 Å². The monoisotopic (exact) mass is 434 g/mol. The normalized spacial score (nSPS) is 17.4. The number of sulfonamides is 1. The van der Waals surface area contributed by atoms with Crippen LogP contribution in [0.1, 0.15) is 0 Å². The summed E-state index contributed by atoms with van der Waals surface area (Å²) in [5.41, 5.74) is 0.515. The Hall–Kier alpha value is -1.51. The minimum absolute atomic E-state index is 0.0349. The van der Waals surface area contributed by atoms with Gasteiger partial charge < -0.3 is 4.74 Å². The molecule has 26 heavy (non-hydrogen) atoms. The summed E-state index contributed by atoms with van der Waals surface area (Å²) in [4.78, 5) is 13.4. The fourth-order valence-corrected chi connectivity index (χ4v) is 4.31. The lowest BCUT2D eigenvalue weighted by molar-refractivity contribution is 0.143. The number of nitrogens with zero attached hydrogens (tertiary/aromatic N) is 1. The Labute approximate surface area is 165 Å². The number of halogens is 3. The fourth-order valence-electron chi connectivity index (χ4n) is 2.43. The van der Waals surface area contributed by atoms with E-state index in [0.29, 0.717) is 15.7 Å². The van der Waals surface area contributed by atoms with E-state index in [1.807, 2.05) is 0 Å². The van der Waals surface area contributed by atoms with E-state index >= 15 is 0 Å². The van der Waals surface area contributed by atoms with Crippen LogP contribution in [0.2, 0.25) is 15.1 Å². The van der Waals surface area contributed by atoms with E-state index in [-0.39, 0.29) is 23.0 Å². The predicted octanol–water partition coefficient (Wildman–Crippen LogP) is 3.95. The Kier molecular flexibility index (Phi) is 5.64. The van der Waals surface area contributed by atoms with Gasteiger partial charge in [-0.1, -0.05) is 46.9 Å². The van der Waals surface area contributed by atoms with Crippen molar-refractivity contribution in [1.82, 2.24) is 4.72 Å². The standard InChI is InChI=1S/C16H13Cl3N2O4S/c17-12-6-5-10(7-14(12)19)21-9-11(25-16(21)22)8-20-26(23,24)15-4-2-1-3-13(15)18/h1-7,11,20H,8-9H2/t11-/m1/s1. The zero-order valence-corrected chi connectivity index (χ0v) is 16.2. The lowest BCUT2D eigenvalue weighted by Gasteiger charge is -2.14. The van der Waals surface area contributed by atoms with Gasteiger partial charge in [0.2, 0.25) is 10.0 Å². The minimum Gasteiger partial charge on any atom is -0.443 e. The van der Waals surface area contributed by atoms with Crippen molar-refractivity contribution in [3.05, 3.63) is 57.5 Å². The van der Waals surface area contributed by atoms with Crippen LogP contribution < -0.4 is 9.62 Å². The second-order valence-electron chi connectivity index (χ2n) is 5.50. The van der Waals surface area contributed by atoms with Gasteiger partial charge in [-0.3, -0.25) is 4.90 Å². The average molecular weight is 436 g/mol. The second-order valence-corrected chi connectivity index (χ2v) is 8.45. The molecule has 2 aromatic rings. The Morgan fingerprint density at radius 3 is 2.50 bits per heavy atom. The molecule has 0 aliphatic carbocycles. The summed E-state index contributed by atoms with van der Waals surface area (Å²) in [7, 11) is -3.82. The second kappa shape index (κ2) is 7.62. The molecule has 1 saturated heterocycles. The molecule has 0 aromatic heterocycles. The number of hydrogen-bond acceptors (Lipinski definition) is 4. The van der Waals surface area contributed by atoms with E-state index in [1.54, 1.807) is 30.3 Å². The van der Waals surface area contributed by atoms with E-state index in [0.717, 1.165) is 0 Å². The first-order valence-electron chi connectivity index (χ1n) is 7.45. The molecule has 0 radical (unpaired) electrons. The number of anilines is 1. The van der Waals surface area contributed by atoms with E-state index in [2.05, 4.69) is 4.72 Å². The molecule has 1 aliphatic heterocycles. The number of carbonyl (C=O) groups excluding carboxylic acids is 1. The third-order valence-corrected chi connectivity index (χ3v) is 6.38. The van der Waals surface area contributed by atoms with Crippen LogP contribution in [-0.2, 0) is 14.8 Å². The maximum atomic E-state index is 12.3. The third kappa shape index (κ3) is 4.07. The van der Waals surface area contributed by atoms with Crippen LogP contribution in [-0.4, -0.2) is 33.7 Å². The van der Waals surface area contributed by atoms with Gasteiger partial charge >= 0.3 is 6.09 Å². The van der Waals surface area contributed by atoms with Crippen molar-refractivity contribution in [2.75, 3.05) is 18.0 Å². The SMILES string of the molecule is O=C1O[C@H](CNS(=O)(=O)c2ccccc2Cl)CN1c1ccc(Cl)c(Cl)c1. The van der Waals surface area contributed by atoms with Crippen LogP contribution in [0, 0.1) is 0 Å². The molecule has 0 spiro atoms. The minimum atomic E-state index is -3.82. The van der Waals surface area contributed by atoms with Gasteiger partial charge in [-0.2, -0.15) is 0 Å². The van der Waals surface area contributed by atoms with Crippen LogP contribution in [0.15, 0.2) is 47.4 Å². The molecule has 10 heteroatoms. The molecule has 2 aromatic carbocycles. The Balaban J connectivity index is 1.68. The van der Waals surface area contributed by atoms with Crippen LogP contribution >= 0.6 is 34.8 Å². The molecule has 1 aliphatic rings. The lowest BCUT2D eigenvalue weighted by atomic mass is 10.2. The first-order chi connectivity index (χ1) is 12.3. The van der Waals surface area contributed by atoms with Gasteiger partial charge in [0.05, 0.1) is 21.6 Å². The Bertz CT molecular complexity index is 952. The number of ether oxygens (including phenoxy) is 1. The summed E-state index contributed by atoms with van der Waals surface area (Å²) in [6.45, 7) is 0.0823. The molecule has 0 saturated carbocycles. The van der Waals surface area contributed by atoms with Crippen LogP contribution in [0.3, 0.4) is 0 Å². The van der Waals surface area contributed by atoms with Crippen LogP contribution in [0.25, 0.3) is 0 Å². The molecule has 3 rings (SSSR count). The van der Waals surface area contributed by atoms with Gasteiger partial charge in [0, 0.05) is 12.2 Å². The average Bonchev–Trinajstić information content (AvgIpc) is 2.97. The molecule has 138 valence electrons. The third-order valence-electron chi connectivity index (χ3n) is 3.72. The summed E-state index contributed by atoms with van der Waals surface area (Å²) in [6, 6.07) is 10.8. The maximum absolute atomic E-state index is 12.3. The van der Waals surface area contributed by atoms with Crippen molar-refractivity contribution in [2.24, 2.45) is 0 Å². The first kappa shape index (κ1) is 19.3. The van der Waals surface area contributed by atoms with Gasteiger partial charge in [-0.25, -0.2) is 17.9 Å². The molecular weight excluding hydrogens is 423 g/mol. The number of carbonyl (C=O) groups is 1. The van der Waals surface area contributed by atoms with Gasteiger partial charge in [0.15, 0.2) is 0 Å². The number of hydrogen-bond donors (Lipinski definition) is 1. The van der Waals surface area contributed by atoms with Gasteiger partial charge in [-0.05, 0) is 30.3 Å². The van der Waals surface area contributed by atoms with Crippen molar-refractivity contribution >= 4 is 56.6 Å².